The van der Waals surface area contributed by atoms with Crippen LogP contribution < -0.4 is 10.2 Å². The van der Waals surface area contributed by atoms with E-state index < -0.39 is 4.92 Å². The summed E-state index contributed by atoms with van der Waals surface area (Å²) in [6.07, 6.45) is 0. The fraction of sp³-hybridized carbons (Fsp3) is 0.185. The molecule has 1 aliphatic heterocycles. The van der Waals surface area contributed by atoms with Gasteiger partial charge in [-0.3, -0.25) is 19.7 Å². The molecule has 5 rings (SSSR count). The Hall–Kier alpha value is -4.66. The Morgan fingerprint density at radius 3 is 2.33 bits per heavy atom. The molecule has 0 spiro atoms. The summed E-state index contributed by atoms with van der Waals surface area (Å²) in [6.45, 7) is 4.12. The van der Waals surface area contributed by atoms with Gasteiger partial charge in [-0.1, -0.05) is 18.2 Å². The number of fused-ring (bicyclic) bond motifs is 1. The van der Waals surface area contributed by atoms with Crippen LogP contribution in [0.3, 0.4) is 0 Å². The minimum absolute atomic E-state index is 0.0183. The highest BCUT2D eigenvalue weighted by Crippen LogP contribution is 2.24. The first-order valence-corrected chi connectivity index (χ1v) is 11.6. The maximum atomic E-state index is 12.9. The predicted molar refractivity (Wildman–Crippen MR) is 137 cm³/mol. The Bertz CT molecular complexity index is 1420. The molecule has 182 valence electrons. The lowest BCUT2D eigenvalue weighted by molar-refractivity contribution is -0.385. The summed E-state index contributed by atoms with van der Waals surface area (Å²) in [5, 5.41) is 14.7. The van der Waals surface area contributed by atoms with E-state index in [0.717, 1.165) is 11.1 Å². The number of anilines is 2. The first-order valence-electron chi connectivity index (χ1n) is 11.6. The number of hydrogen-bond donors (Lipinski definition) is 1. The number of rotatable bonds is 5. The molecule has 2 amide bonds. The van der Waals surface area contributed by atoms with Crippen LogP contribution in [0, 0.1) is 17.0 Å². The normalized spacial score (nSPS) is 13.6. The van der Waals surface area contributed by atoms with Crippen molar-refractivity contribution in [1.82, 2.24) is 4.90 Å². The smallest absolute Gasteiger partial charge is 0.289 e. The molecule has 0 aliphatic carbocycles. The Morgan fingerprint density at radius 1 is 0.944 bits per heavy atom. The van der Waals surface area contributed by atoms with Gasteiger partial charge in [-0.05, 0) is 55.5 Å². The molecular formula is C27H24N4O5. The quantitative estimate of drug-likeness (QED) is 0.320. The topological polar surface area (TPSA) is 109 Å². The minimum atomic E-state index is -0.468. The highest BCUT2D eigenvalue weighted by molar-refractivity contribution is 6.04. The summed E-state index contributed by atoms with van der Waals surface area (Å²) >= 11 is 0. The predicted octanol–water partition coefficient (Wildman–Crippen LogP) is 4.86. The van der Waals surface area contributed by atoms with Crippen molar-refractivity contribution in [2.45, 2.75) is 6.92 Å². The Labute approximate surface area is 207 Å². The molecule has 1 N–H and O–H groups in total. The number of aryl methyl sites for hydroxylation is 1. The molecule has 1 fully saturated rings. The third-order valence-corrected chi connectivity index (χ3v) is 6.35. The van der Waals surface area contributed by atoms with Crippen LogP contribution in [0.25, 0.3) is 11.0 Å². The molecular weight excluding hydrogens is 460 g/mol. The van der Waals surface area contributed by atoms with Crippen molar-refractivity contribution in [3.05, 3.63) is 99.8 Å². The van der Waals surface area contributed by atoms with Gasteiger partial charge >= 0.3 is 0 Å². The highest BCUT2D eigenvalue weighted by Gasteiger charge is 2.25. The molecule has 9 nitrogen and oxygen atoms in total. The van der Waals surface area contributed by atoms with E-state index in [1.807, 2.05) is 48.5 Å². The largest absolute Gasteiger partial charge is 0.451 e. The van der Waals surface area contributed by atoms with Crippen LogP contribution in [0.4, 0.5) is 17.1 Å². The number of carbonyl (C=O) groups excluding carboxylic acids is 2. The number of nitrogens with zero attached hydrogens (tertiary/aromatic N) is 3. The van der Waals surface area contributed by atoms with Crippen molar-refractivity contribution in [2.24, 2.45) is 0 Å². The molecule has 0 saturated carbocycles. The van der Waals surface area contributed by atoms with Crippen LogP contribution in [0.15, 0.2) is 77.2 Å². The van der Waals surface area contributed by atoms with Crippen molar-refractivity contribution >= 4 is 39.8 Å². The molecule has 2 heterocycles. The number of amides is 2. The van der Waals surface area contributed by atoms with E-state index in [9.17, 15) is 19.7 Å². The number of nitro groups is 1. The first kappa shape index (κ1) is 23.1. The van der Waals surface area contributed by atoms with Crippen molar-refractivity contribution in [2.75, 3.05) is 36.4 Å². The van der Waals surface area contributed by atoms with Gasteiger partial charge in [0, 0.05) is 60.1 Å². The molecule has 9 heteroatoms. The first-order chi connectivity index (χ1) is 17.4. The molecule has 0 atom stereocenters. The molecule has 1 saturated heterocycles. The number of furan rings is 1. The van der Waals surface area contributed by atoms with Crippen molar-refractivity contribution in [3.63, 3.8) is 0 Å². The van der Waals surface area contributed by atoms with E-state index in [2.05, 4.69) is 10.2 Å². The van der Waals surface area contributed by atoms with Crippen molar-refractivity contribution in [1.29, 1.82) is 0 Å². The Balaban J connectivity index is 1.18. The lowest BCUT2D eigenvalue weighted by Crippen LogP contribution is -2.48. The van der Waals surface area contributed by atoms with Crippen LogP contribution >= 0.6 is 0 Å². The van der Waals surface area contributed by atoms with Gasteiger partial charge < -0.3 is 19.5 Å². The molecule has 1 aromatic heterocycles. The number of piperazine rings is 1. The SMILES string of the molecule is Cc1cc(C(=O)Nc2ccc(N3CCN(C(=O)c4cc5ccccc5o4)CC3)cc2)ccc1[N+](=O)[O-]. The molecule has 3 aromatic carbocycles. The zero-order chi connectivity index (χ0) is 25.2. The monoisotopic (exact) mass is 484 g/mol. The van der Waals surface area contributed by atoms with Gasteiger partial charge in [0.2, 0.25) is 0 Å². The number of carbonyl (C=O) groups is 2. The third kappa shape index (κ3) is 4.63. The second-order valence-electron chi connectivity index (χ2n) is 8.69. The zero-order valence-corrected chi connectivity index (χ0v) is 19.6. The van der Waals surface area contributed by atoms with Gasteiger partial charge in [0.25, 0.3) is 17.5 Å². The summed E-state index contributed by atoms with van der Waals surface area (Å²) in [7, 11) is 0. The number of nitro benzene ring substituents is 1. The van der Waals surface area contributed by atoms with E-state index in [0.29, 0.717) is 54.3 Å². The van der Waals surface area contributed by atoms with E-state index in [1.165, 1.54) is 18.2 Å². The fourth-order valence-electron chi connectivity index (χ4n) is 4.37. The van der Waals surface area contributed by atoms with Crippen LogP contribution in [0.1, 0.15) is 26.5 Å². The summed E-state index contributed by atoms with van der Waals surface area (Å²) in [5.41, 5.74) is 3.09. The average Bonchev–Trinajstić information content (AvgIpc) is 3.33. The van der Waals surface area contributed by atoms with Gasteiger partial charge in [0.05, 0.1) is 4.92 Å². The van der Waals surface area contributed by atoms with Gasteiger partial charge in [-0.25, -0.2) is 0 Å². The van der Waals surface area contributed by atoms with Crippen LogP contribution in [0.5, 0.6) is 0 Å². The Kier molecular flexibility index (Phi) is 6.12. The van der Waals surface area contributed by atoms with E-state index >= 15 is 0 Å². The molecule has 36 heavy (non-hydrogen) atoms. The van der Waals surface area contributed by atoms with Gasteiger partial charge in [0.15, 0.2) is 5.76 Å². The second kappa shape index (κ2) is 9.53. The lowest BCUT2D eigenvalue weighted by atomic mass is 10.1. The summed E-state index contributed by atoms with van der Waals surface area (Å²) in [5.74, 6) is -0.0863. The number of para-hydroxylation sites is 1. The average molecular weight is 485 g/mol. The number of benzene rings is 3. The maximum absolute atomic E-state index is 12.9. The van der Waals surface area contributed by atoms with E-state index in [1.54, 1.807) is 17.9 Å². The molecule has 0 bridgehead atoms. The van der Waals surface area contributed by atoms with Gasteiger partial charge in [-0.15, -0.1) is 0 Å². The molecule has 1 aliphatic rings. The highest BCUT2D eigenvalue weighted by atomic mass is 16.6. The standard InChI is InChI=1S/C27H24N4O5/c1-18-16-20(6-11-23(18)31(34)35)26(32)28-21-7-9-22(10-8-21)29-12-14-30(15-13-29)27(33)25-17-19-4-2-3-5-24(19)36-25/h2-11,16-17H,12-15H2,1H3,(H,28,32). The molecule has 4 aromatic rings. The lowest BCUT2D eigenvalue weighted by Gasteiger charge is -2.35. The zero-order valence-electron chi connectivity index (χ0n) is 19.6. The fourth-order valence-corrected chi connectivity index (χ4v) is 4.37. The molecule has 0 unspecified atom stereocenters. The summed E-state index contributed by atoms with van der Waals surface area (Å²) in [4.78, 5) is 40.0. The summed E-state index contributed by atoms with van der Waals surface area (Å²) in [6, 6.07) is 21.1. The van der Waals surface area contributed by atoms with Crippen molar-refractivity contribution < 1.29 is 18.9 Å². The molecule has 0 radical (unpaired) electrons. The van der Waals surface area contributed by atoms with Crippen molar-refractivity contribution in [3.8, 4) is 0 Å². The maximum Gasteiger partial charge on any atom is 0.289 e. The van der Waals surface area contributed by atoms with E-state index in [4.69, 9.17) is 4.42 Å². The number of nitrogens with one attached hydrogen (secondary N) is 1. The van der Waals surface area contributed by atoms with Crippen LogP contribution in [-0.2, 0) is 0 Å². The van der Waals surface area contributed by atoms with Crippen LogP contribution in [-0.4, -0.2) is 47.8 Å². The Morgan fingerprint density at radius 2 is 1.67 bits per heavy atom. The third-order valence-electron chi connectivity index (χ3n) is 6.35. The minimum Gasteiger partial charge on any atom is -0.451 e. The second-order valence-corrected chi connectivity index (χ2v) is 8.69. The summed E-state index contributed by atoms with van der Waals surface area (Å²) < 4.78 is 5.72. The van der Waals surface area contributed by atoms with E-state index in [-0.39, 0.29) is 17.5 Å². The number of hydrogen-bond acceptors (Lipinski definition) is 6. The van der Waals surface area contributed by atoms with Gasteiger partial charge in [-0.2, -0.15) is 0 Å². The van der Waals surface area contributed by atoms with Gasteiger partial charge in [0.1, 0.15) is 5.58 Å². The van der Waals surface area contributed by atoms with Crippen LogP contribution in [0.2, 0.25) is 0 Å².